The average molecular weight is 185 g/mol. The molecule has 13 heavy (non-hydrogen) atoms. The van der Waals surface area contributed by atoms with Crippen molar-refractivity contribution < 1.29 is 9.63 Å². The van der Waals surface area contributed by atoms with E-state index in [2.05, 4.69) is 10.1 Å². The molecule has 0 saturated carbocycles. The second-order valence-corrected chi connectivity index (χ2v) is 4.00. The molecule has 5 heteroatoms. The number of rotatable bonds is 2. The molecule has 74 valence electrons. The fourth-order valence-corrected chi connectivity index (χ4v) is 0.769. The maximum absolute atomic E-state index is 8.75. The zero-order chi connectivity index (χ0) is 10.1. The van der Waals surface area contributed by atoms with Gasteiger partial charge in [0.1, 0.15) is 6.04 Å². The van der Waals surface area contributed by atoms with E-state index in [0.29, 0.717) is 5.82 Å². The Morgan fingerprint density at radius 2 is 2.15 bits per heavy atom. The lowest BCUT2D eigenvalue weighted by atomic mass is 9.96. The smallest absolute Gasteiger partial charge is 0.245 e. The van der Waals surface area contributed by atoms with Crippen molar-refractivity contribution in [3.8, 4) is 0 Å². The number of hydrogen-bond donors (Lipinski definition) is 2. The Kier molecular flexibility index (Phi) is 2.68. The van der Waals surface area contributed by atoms with E-state index in [9.17, 15) is 0 Å². The highest BCUT2D eigenvalue weighted by Gasteiger charge is 2.22. The fourth-order valence-electron chi connectivity index (χ4n) is 0.769. The van der Waals surface area contributed by atoms with E-state index in [-0.39, 0.29) is 17.9 Å². The minimum absolute atomic E-state index is 0.156. The molecule has 0 amide bonds. The molecule has 0 saturated heterocycles. The van der Waals surface area contributed by atoms with Crippen molar-refractivity contribution in [2.45, 2.75) is 32.2 Å². The topological polar surface area (TPSA) is 85.2 Å². The summed E-state index contributed by atoms with van der Waals surface area (Å²) in [7, 11) is 0. The van der Waals surface area contributed by atoms with Gasteiger partial charge in [-0.3, -0.25) is 0 Å². The number of nitrogens with two attached hydrogens (primary N) is 1. The summed E-state index contributed by atoms with van der Waals surface area (Å²) in [5, 5.41) is 12.5. The van der Waals surface area contributed by atoms with E-state index in [1.807, 2.05) is 20.8 Å². The van der Waals surface area contributed by atoms with Crippen LogP contribution in [0.5, 0.6) is 0 Å². The molecule has 0 aliphatic heterocycles. The summed E-state index contributed by atoms with van der Waals surface area (Å²) in [6, 6.07) is -0.580. The van der Waals surface area contributed by atoms with E-state index in [4.69, 9.17) is 15.4 Å². The summed E-state index contributed by atoms with van der Waals surface area (Å²) < 4.78 is 4.90. The molecule has 0 aliphatic rings. The van der Waals surface area contributed by atoms with E-state index in [1.165, 1.54) is 0 Å². The lowest BCUT2D eigenvalue weighted by Crippen LogP contribution is -2.17. The first kappa shape index (κ1) is 10.1. The predicted molar refractivity (Wildman–Crippen MR) is 47.0 cm³/mol. The van der Waals surface area contributed by atoms with Crippen molar-refractivity contribution >= 4 is 0 Å². The van der Waals surface area contributed by atoms with Crippen LogP contribution in [0.15, 0.2) is 4.52 Å². The van der Waals surface area contributed by atoms with Gasteiger partial charge in [0.05, 0.1) is 6.61 Å². The molecule has 5 nitrogen and oxygen atoms in total. The van der Waals surface area contributed by atoms with Crippen LogP contribution in [0.1, 0.15) is 38.5 Å². The van der Waals surface area contributed by atoms with Gasteiger partial charge in [0.25, 0.3) is 0 Å². The second-order valence-electron chi connectivity index (χ2n) is 4.00. The van der Waals surface area contributed by atoms with Crippen LogP contribution in [-0.4, -0.2) is 21.9 Å². The second kappa shape index (κ2) is 3.43. The van der Waals surface area contributed by atoms with Gasteiger partial charge < -0.3 is 15.4 Å². The van der Waals surface area contributed by atoms with Gasteiger partial charge in [0.2, 0.25) is 5.89 Å². The minimum atomic E-state index is -0.580. The summed E-state index contributed by atoms with van der Waals surface area (Å²) in [4.78, 5) is 4.09. The Balaban J connectivity index is 2.87. The monoisotopic (exact) mass is 185 g/mol. The zero-order valence-corrected chi connectivity index (χ0v) is 8.11. The van der Waals surface area contributed by atoms with Crippen LogP contribution in [0.2, 0.25) is 0 Å². The molecular formula is C8H15N3O2. The Morgan fingerprint density at radius 1 is 1.54 bits per heavy atom. The number of aromatic nitrogens is 2. The number of nitrogens with zero attached hydrogens (tertiary/aromatic N) is 2. The van der Waals surface area contributed by atoms with Gasteiger partial charge in [-0.05, 0) is 0 Å². The van der Waals surface area contributed by atoms with Crippen LogP contribution in [0, 0.1) is 0 Å². The van der Waals surface area contributed by atoms with Crippen LogP contribution in [0.3, 0.4) is 0 Å². The highest BCUT2D eigenvalue weighted by molar-refractivity contribution is 5.01. The summed E-state index contributed by atoms with van der Waals surface area (Å²) in [6.45, 7) is 5.75. The lowest BCUT2D eigenvalue weighted by Gasteiger charge is -2.11. The maximum atomic E-state index is 8.75. The largest absolute Gasteiger partial charge is 0.394 e. The summed E-state index contributed by atoms with van der Waals surface area (Å²) in [5.41, 5.74) is 5.35. The number of hydrogen-bond acceptors (Lipinski definition) is 5. The lowest BCUT2D eigenvalue weighted by molar-refractivity contribution is 0.236. The molecule has 1 aromatic heterocycles. The number of aliphatic hydroxyl groups is 1. The quantitative estimate of drug-likeness (QED) is 0.694. The molecule has 0 spiro atoms. The minimum Gasteiger partial charge on any atom is -0.394 e. The third-order valence-corrected chi connectivity index (χ3v) is 1.63. The van der Waals surface area contributed by atoms with Crippen molar-refractivity contribution in [2.24, 2.45) is 5.73 Å². The van der Waals surface area contributed by atoms with Crippen molar-refractivity contribution in [1.82, 2.24) is 10.1 Å². The van der Waals surface area contributed by atoms with E-state index < -0.39 is 6.04 Å². The van der Waals surface area contributed by atoms with Gasteiger partial charge in [-0.2, -0.15) is 4.98 Å². The van der Waals surface area contributed by atoms with Gasteiger partial charge in [-0.15, -0.1) is 0 Å². The van der Waals surface area contributed by atoms with Crippen LogP contribution < -0.4 is 5.73 Å². The summed E-state index contributed by atoms with van der Waals surface area (Å²) in [6.07, 6.45) is 0. The Hall–Kier alpha value is -0.940. The molecule has 0 radical (unpaired) electrons. The third-order valence-electron chi connectivity index (χ3n) is 1.63. The molecule has 1 atom stereocenters. The van der Waals surface area contributed by atoms with Crippen LogP contribution in [0.25, 0.3) is 0 Å². The van der Waals surface area contributed by atoms with Crippen molar-refractivity contribution in [2.75, 3.05) is 6.61 Å². The van der Waals surface area contributed by atoms with Crippen LogP contribution in [-0.2, 0) is 5.41 Å². The number of aliphatic hydroxyl groups excluding tert-OH is 1. The zero-order valence-electron chi connectivity index (χ0n) is 8.11. The first-order valence-corrected chi connectivity index (χ1v) is 4.15. The highest BCUT2D eigenvalue weighted by atomic mass is 16.5. The van der Waals surface area contributed by atoms with Crippen molar-refractivity contribution in [3.05, 3.63) is 11.7 Å². The molecular weight excluding hydrogens is 170 g/mol. The average Bonchev–Trinajstić information content (AvgIpc) is 2.50. The van der Waals surface area contributed by atoms with E-state index in [1.54, 1.807) is 0 Å². The SMILES string of the molecule is CC(C)(C)c1noc(C(N)CO)n1. The molecule has 0 bridgehead atoms. The summed E-state index contributed by atoms with van der Waals surface area (Å²) >= 11 is 0. The van der Waals surface area contributed by atoms with Gasteiger partial charge in [0, 0.05) is 5.41 Å². The molecule has 1 aromatic rings. The Bertz CT molecular complexity index is 277. The van der Waals surface area contributed by atoms with E-state index in [0.717, 1.165) is 0 Å². The molecule has 0 aliphatic carbocycles. The molecule has 3 N–H and O–H groups in total. The summed E-state index contributed by atoms with van der Waals surface area (Å²) in [5.74, 6) is 0.888. The molecule has 0 aromatic carbocycles. The van der Waals surface area contributed by atoms with E-state index >= 15 is 0 Å². The first-order valence-electron chi connectivity index (χ1n) is 4.15. The first-order chi connectivity index (χ1) is 5.95. The van der Waals surface area contributed by atoms with Crippen molar-refractivity contribution in [3.63, 3.8) is 0 Å². The fraction of sp³-hybridized carbons (Fsp3) is 0.750. The molecule has 1 rings (SSSR count). The standard InChI is InChI=1S/C8H15N3O2/c1-8(2,3)7-10-6(13-11-7)5(9)4-12/h5,12H,4,9H2,1-3H3. The predicted octanol–water partition coefficient (Wildman–Crippen LogP) is 0.359. The highest BCUT2D eigenvalue weighted by Crippen LogP contribution is 2.19. The van der Waals surface area contributed by atoms with Gasteiger partial charge >= 0.3 is 0 Å². The van der Waals surface area contributed by atoms with Crippen LogP contribution in [0.4, 0.5) is 0 Å². The molecule has 0 fully saturated rings. The van der Waals surface area contributed by atoms with Gasteiger partial charge in [-0.25, -0.2) is 0 Å². The molecule has 1 heterocycles. The van der Waals surface area contributed by atoms with Gasteiger partial charge in [-0.1, -0.05) is 25.9 Å². The van der Waals surface area contributed by atoms with Crippen molar-refractivity contribution in [1.29, 1.82) is 0 Å². The maximum Gasteiger partial charge on any atom is 0.245 e. The normalized spacial score (nSPS) is 14.5. The third kappa shape index (κ3) is 2.26. The molecule has 1 unspecified atom stereocenters. The Labute approximate surface area is 76.9 Å². The van der Waals surface area contributed by atoms with Gasteiger partial charge in [0.15, 0.2) is 5.82 Å². The Morgan fingerprint density at radius 3 is 2.54 bits per heavy atom. The van der Waals surface area contributed by atoms with Crippen LogP contribution >= 0.6 is 0 Å².